The zero-order valence-electron chi connectivity index (χ0n) is 19.4. The van der Waals surface area contributed by atoms with E-state index in [9.17, 15) is 14.4 Å². The van der Waals surface area contributed by atoms with E-state index in [1.807, 2.05) is 6.07 Å². The maximum atomic E-state index is 13.4. The highest BCUT2D eigenvalue weighted by Crippen LogP contribution is 2.47. The molecule has 2 fully saturated rings. The van der Waals surface area contributed by atoms with Crippen molar-refractivity contribution in [3.8, 4) is 0 Å². The lowest BCUT2D eigenvalue weighted by molar-refractivity contribution is -0.138. The molecule has 3 heterocycles. The molecule has 4 N–H and O–H groups in total. The standard InChI is InChI=1S/C23H31N7O4/c1-16-19(14-34-21(16)32)29-9-8-23(22(29)33)6-4-18(5-7-23)28(10-11-31)13-17-2-3-20(26-12-17)30(25)15-27-24/h2-3,11-12,15,18H,4-10,13-14,24-25H2,1H3/b27-15-. The van der Waals surface area contributed by atoms with E-state index in [2.05, 4.69) is 15.0 Å². The number of hydrazone groups is 1. The first kappa shape index (κ1) is 23.8. The van der Waals surface area contributed by atoms with Crippen LogP contribution in [0.3, 0.4) is 0 Å². The van der Waals surface area contributed by atoms with Crippen molar-refractivity contribution < 1.29 is 19.1 Å². The third-order valence-corrected chi connectivity index (χ3v) is 7.31. The van der Waals surface area contributed by atoms with Crippen molar-refractivity contribution in [3.63, 3.8) is 0 Å². The molecule has 0 bridgehead atoms. The molecule has 1 aromatic heterocycles. The minimum atomic E-state index is -0.388. The second-order valence-corrected chi connectivity index (χ2v) is 9.16. The van der Waals surface area contributed by atoms with Crippen molar-refractivity contribution in [2.75, 3.05) is 24.7 Å². The van der Waals surface area contributed by atoms with Crippen molar-refractivity contribution in [2.24, 2.45) is 22.2 Å². The zero-order valence-corrected chi connectivity index (χ0v) is 19.4. The van der Waals surface area contributed by atoms with Gasteiger partial charge in [-0.05, 0) is 50.7 Å². The van der Waals surface area contributed by atoms with Crippen molar-refractivity contribution >= 4 is 30.3 Å². The second-order valence-electron chi connectivity index (χ2n) is 9.16. The SMILES string of the molecule is CC1=C(N2CCC3(CCC(N(CC=O)Cc4ccc(N(N)/C=N\N)nc4)CC3)C2=O)COC1=O. The highest BCUT2D eigenvalue weighted by molar-refractivity contribution is 5.94. The highest BCUT2D eigenvalue weighted by Gasteiger charge is 2.50. The average molecular weight is 470 g/mol. The Labute approximate surface area is 198 Å². The van der Waals surface area contributed by atoms with Gasteiger partial charge < -0.3 is 20.3 Å². The van der Waals surface area contributed by atoms with Crippen LogP contribution in [0.5, 0.6) is 0 Å². The van der Waals surface area contributed by atoms with Gasteiger partial charge in [0.2, 0.25) is 5.91 Å². The third kappa shape index (κ3) is 4.53. The normalized spacial score (nSPS) is 25.1. The van der Waals surface area contributed by atoms with Gasteiger partial charge in [-0.15, -0.1) is 0 Å². The van der Waals surface area contributed by atoms with Gasteiger partial charge >= 0.3 is 5.97 Å². The molecule has 1 saturated heterocycles. The van der Waals surface area contributed by atoms with E-state index in [-0.39, 0.29) is 29.9 Å². The quantitative estimate of drug-likeness (QED) is 0.140. The van der Waals surface area contributed by atoms with E-state index in [0.29, 0.717) is 36.7 Å². The fourth-order valence-electron chi connectivity index (χ4n) is 5.28. The summed E-state index contributed by atoms with van der Waals surface area (Å²) in [6.07, 6.45) is 7.87. The Morgan fingerprint density at radius 2 is 2.06 bits per heavy atom. The molecule has 1 aliphatic carbocycles. The van der Waals surface area contributed by atoms with Gasteiger partial charge in [-0.2, -0.15) is 5.10 Å². The molecule has 182 valence electrons. The number of rotatable bonds is 8. The Balaban J connectivity index is 1.39. The number of ether oxygens (including phenoxy) is 1. The molecule has 3 aliphatic rings. The summed E-state index contributed by atoms with van der Waals surface area (Å²) >= 11 is 0. The maximum Gasteiger partial charge on any atom is 0.336 e. The largest absolute Gasteiger partial charge is 0.456 e. The van der Waals surface area contributed by atoms with E-state index in [1.54, 1.807) is 24.1 Å². The summed E-state index contributed by atoms with van der Waals surface area (Å²) in [6, 6.07) is 3.88. The first-order valence-corrected chi connectivity index (χ1v) is 11.5. The maximum absolute atomic E-state index is 13.4. The second kappa shape index (κ2) is 9.90. The number of nitrogens with two attached hydrogens (primary N) is 2. The number of pyridine rings is 1. The van der Waals surface area contributed by atoms with Crippen molar-refractivity contribution in [1.82, 2.24) is 14.8 Å². The summed E-state index contributed by atoms with van der Waals surface area (Å²) in [7, 11) is 0. The molecule has 34 heavy (non-hydrogen) atoms. The Morgan fingerprint density at radius 1 is 1.29 bits per heavy atom. The minimum absolute atomic E-state index is 0.104. The molecule has 1 amide bonds. The third-order valence-electron chi connectivity index (χ3n) is 7.31. The monoisotopic (exact) mass is 469 g/mol. The first-order valence-electron chi connectivity index (χ1n) is 11.5. The molecule has 0 unspecified atom stereocenters. The summed E-state index contributed by atoms with van der Waals surface area (Å²) < 4.78 is 5.11. The Hall–Kier alpha value is -3.31. The minimum Gasteiger partial charge on any atom is -0.456 e. The van der Waals surface area contributed by atoms with Gasteiger partial charge in [0.05, 0.1) is 23.2 Å². The first-order chi connectivity index (χ1) is 16.4. The molecule has 1 saturated carbocycles. The van der Waals surface area contributed by atoms with Crippen molar-refractivity contribution in [1.29, 1.82) is 0 Å². The van der Waals surface area contributed by atoms with Crippen LogP contribution in [-0.2, 0) is 25.7 Å². The fraction of sp³-hybridized carbons (Fsp3) is 0.522. The summed E-state index contributed by atoms with van der Waals surface area (Å²) in [6.45, 7) is 3.40. The van der Waals surface area contributed by atoms with Gasteiger partial charge in [0.25, 0.3) is 0 Å². The smallest absolute Gasteiger partial charge is 0.336 e. The lowest BCUT2D eigenvalue weighted by atomic mass is 9.71. The van der Waals surface area contributed by atoms with Crippen LogP contribution < -0.4 is 16.7 Å². The Morgan fingerprint density at radius 3 is 2.65 bits per heavy atom. The number of carbonyl (C=O) groups is 3. The lowest BCUT2D eigenvalue weighted by Crippen LogP contribution is -2.44. The molecule has 0 aromatic carbocycles. The number of hydrogen-bond acceptors (Lipinski definition) is 9. The van der Waals surface area contributed by atoms with Crippen LogP contribution in [0.4, 0.5) is 5.82 Å². The number of nitrogens with zero attached hydrogens (tertiary/aromatic N) is 5. The molecule has 11 nitrogen and oxygen atoms in total. The number of carbonyl (C=O) groups excluding carboxylic acids is 3. The van der Waals surface area contributed by atoms with Crippen molar-refractivity contribution in [2.45, 2.75) is 51.6 Å². The van der Waals surface area contributed by atoms with Gasteiger partial charge in [-0.3, -0.25) is 9.69 Å². The topological polar surface area (TPSA) is 147 Å². The number of esters is 1. The molecule has 0 radical (unpaired) electrons. The fourth-order valence-corrected chi connectivity index (χ4v) is 5.28. The molecule has 0 atom stereocenters. The number of hydrogen-bond donors (Lipinski definition) is 2. The number of aromatic nitrogens is 1. The van der Waals surface area contributed by atoms with Crippen LogP contribution in [-0.4, -0.2) is 65.0 Å². The molecule has 1 spiro atoms. The average Bonchev–Trinajstić information content (AvgIpc) is 3.33. The van der Waals surface area contributed by atoms with Crippen LogP contribution in [0, 0.1) is 5.41 Å². The van der Waals surface area contributed by atoms with Gasteiger partial charge in [0, 0.05) is 25.3 Å². The summed E-state index contributed by atoms with van der Waals surface area (Å²) in [4.78, 5) is 44.7. The number of anilines is 1. The lowest BCUT2D eigenvalue weighted by Gasteiger charge is -2.40. The molecule has 4 rings (SSSR count). The van der Waals surface area contributed by atoms with E-state index < -0.39 is 0 Å². The predicted octanol–water partition coefficient (Wildman–Crippen LogP) is 0.657. The highest BCUT2D eigenvalue weighted by atomic mass is 16.5. The van der Waals surface area contributed by atoms with E-state index in [1.165, 1.54) is 11.3 Å². The van der Waals surface area contributed by atoms with Crippen LogP contribution in [0.25, 0.3) is 0 Å². The van der Waals surface area contributed by atoms with Gasteiger partial charge in [0.1, 0.15) is 25.0 Å². The number of amides is 1. The summed E-state index contributed by atoms with van der Waals surface area (Å²) in [5, 5.41) is 4.60. The molecular weight excluding hydrogens is 438 g/mol. The van der Waals surface area contributed by atoms with Gasteiger partial charge in [0.15, 0.2) is 0 Å². The van der Waals surface area contributed by atoms with Crippen LogP contribution in [0.15, 0.2) is 34.7 Å². The number of aldehydes is 1. The number of likely N-dealkylation sites (tertiary alicyclic amines) is 1. The van der Waals surface area contributed by atoms with Gasteiger partial charge in [-0.25, -0.2) is 20.6 Å². The number of cyclic esters (lactones) is 1. The van der Waals surface area contributed by atoms with Crippen LogP contribution in [0.2, 0.25) is 0 Å². The molecule has 1 aromatic rings. The zero-order chi connectivity index (χ0) is 24.3. The van der Waals surface area contributed by atoms with Crippen molar-refractivity contribution in [3.05, 3.63) is 35.2 Å². The van der Waals surface area contributed by atoms with E-state index in [0.717, 1.165) is 44.0 Å². The van der Waals surface area contributed by atoms with E-state index >= 15 is 0 Å². The van der Waals surface area contributed by atoms with Gasteiger partial charge in [-0.1, -0.05) is 6.07 Å². The molecule has 2 aliphatic heterocycles. The van der Waals surface area contributed by atoms with Crippen LogP contribution in [0.1, 0.15) is 44.6 Å². The summed E-state index contributed by atoms with van der Waals surface area (Å²) in [5.74, 6) is 11.2. The Bertz CT molecular complexity index is 999. The number of hydrazine groups is 1. The predicted molar refractivity (Wildman–Crippen MR) is 125 cm³/mol. The molecular formula is C23H31N7O4. The van der Waals surface area contributed by atoms with Crippen LogP contribution >= 0.6 is 0 Å². The summed E-state index contributed by atoms with van der Waals surface area (Å²) in [5.41, 5.74) is 1.81. The molecule has 11 heteroatoms. The van der Waals surface area contributed by atoms with E-state index in [4.69, 9.17) is 16.4 Å². The Kier molecular flexibility index (Phi) is 6.94.